The quantitative estimate of drug-likeness (QED) is 0.856. The number of aromatic nitrogens is 2. The lowest BCUT2D eigenvalue weighted by Crippen LogP contribution is -2.33. The van der Waals surface area contributed by atoms with Gasteiger partial charge in [-0.3, -0.25) is 9.78 Å². The van der Waals surface area contributed by atoms with Crippen LogP contribution in [-0.4, -0.2) is 48.9 Å². The van der Waals surface area contributed by atoms with Gasteiger partial charge in [0.25, 0.3) is 5.91 Å². The lowest BCUT2D eigenvalue weighted by atomic mass is 10.2. The molecule has 0 aliphatic carbocycles. The molecule has 2 aromatic heterocycles. The Labute approximate surface area is 147 Å². The molecule has 1 aliphatic heterocycles. The molecule has 3 heterocycles. The normalized spacial score (nSPS) is 18.7. The van der Waals surface area contributed by atoms with Gasteiger partial charge >= 0.3 is 0 Å². The Balaban J connectivity index is 1.67. The van der Waals surface area contributed by atoms with Crippen molar-refractivity contribution in [1.82, 2.24) is 15.3 Å². The monoisotopic (exact) mass is 360 g/mol. The van der Waals surface area contributed by atoms with Gasteiger partial charge in [-0.1, -0.05) is 6.07 Å². The minimum Gasteiger partial charge on any atom is -0.356 e. The summed E-state index contributed by atoms with van der Waals surface area (Å²) in [5.41, 5.74) is 1.40. The van der Waals surface area contributed by atoms with Crippen LogP contribution in [0.15, 0.2) is 42.9 Å². The Hall–Kier alpha value is -2.48. The minimum absolute atomic E-state index is 0.105. The van der Waals surface area contributed by atoms with Crippen LogP contribution >= 0.6 is 0 Å². The van der Waals surface area contributed by atoms with E-state index in [-0.39, 0.29) is 23.5 Å². The lowest BCUT2D eigenvalue weighted by Gasteiger charge is -2.24. The van der Waals surface area contributed by atoms with Gasteiger partial charge in [-0.15, -0.1) is 0 Å². The van der Waals surface area contributed by atoms with Crippen molar-refractivity contribution >= 4 is 21.6 Å². The van der Waals surface area contributed by atoms with Crippen LogP contribution in [0.25, 0.3) is 0 Å². The molecule has 1 amide bonds. The Morgan fingerprint density at radius 2 is 2.20 bits per heavy atom. The summed E-state index contributed by atoms with van der Waals surface area (Å²) in [5, 5.41) is 2.84. The number of hydrogen-bond acceptors (Lipinski definition) is 6. The number of rotatable bonds is 5. The smallest absolute Gasteiger partial charge is 0.251 e. The van der Waals surface area contributed by atoms with Gasteiger partial charge in [0.05, 0.1) is 11.5 Å². The Kier molecular flexibility index (Phi) is 4.98. The molecule has 1 aliphatic rings. The topological polar surface area (TPSA) is 92.3 Å². The van der Waals surface area contributed by atoms with E-state index < -0.39 is 9.84 Å². The van der Waals surface area contributed by atoms with Crippen LogP contribution in [0.1, 0.15) is 22.3 Å². The second-order valence-electron chi connectivity index (χ2n) is 6.11. The molecule has 25 heavy (non-hydrogen) atoms. The van der Waals surface area contributed by atoms with Crippen molar-refractivity contribution in [3.63, 3.8) is 0 Å². The van der Waals surface area contributed by atoms with Gasteiger partial charge in [0.2, 0.25) is 0 Å². The molecule has 132 valence electrons. The van der Waals surface area contributed by atoms with Gasteiger partial charge in [-0.25, -0.2) is 13.4 Å². The summed E-state index contributed by atoms with van der Waals surface area (Å²) in [6.07, 6.45) is 5.53. The number of nitrogens with zero attached hydrogens (tertiary/aromatic N) is 3. The largest absolute Gasteiger partial charge is 0.356 e. The molecule has 3 rings (SSSR count). The first kappa shape index (κ1) is 17.3. The minimum atomic E-state index is -2.97. The van der Waals surface area contributed by atoms with Crippen LogP contribution in [0, 0.1) is 0 Å². The molecule has 0 spiro atoms. The van der Waals surface area contributed by atoms with Crippen molar-refractivity contribution in [2.75, 3.05) is 23.5 Å². The maximum Gasteiger partial charge on any atom is 0.251 e. The second-order valence-corrected chi connectivity index (χ2v) is 8.34. The Morgan fingerprint density at radius 3 is 2.88 bits per heavy atom. The van der Waals surface area contributed by atoms with Crippen LogP contribution in [0.5, 0.6) is 0 Å². The first-order valence-electron chi connectivity index (χ1n) is 8.01. The average molecular weight is 360 g/mol. The molecular formula is C17H20N4O3S. The summed E-state index contributed by atoms with van der Waals surface area (Å²) in [7, 11) is -1.16. The molecule has 7 nitrogen and oxygen atoms in total. The van der Waals surface area contributed by atoms with Crippen LogP contribution in [0.2, 0.25) is 0 Å². The highest BCUT2D eigenvalue weighted by Crippen LogP contribution is 2.22. The average Bonchev–Trinajstić information content (AvgIpc) is 3.00. The van der Waals surface area contributed by atoms with E-state index in [1.54, 1.807) is 30.7 Å². The van der Waals surface area contributed by atoms with Gasteiger partial charge in [0, 0.05) is 43.8 Å². The molecule has 0 saturated carbocycles. The van der Waals surface area contributed by atoms with Crippen molar-refractivity contribution in [2.24, 2.45) is 0 Å². The number of carbonyl (C=O) groups is 1. The van der Waals surface area contributed by atoms with Gasteiger partial charge in [-0.05, 0) is 30.2 Å². The zero-order valence-electron chi connectivity index (χ0n) is 13.9. The maximum absolute atomic E-state index is 12.3. The number of hydrogen-bond donors (Lipinski definition) is 1. The van der Waals surface area contributed by atoms with Gasteiger partial charge < -0.3 is 10.2 Å². The molecule has 1 saturated heterocycles. The van der Waals surface area contributed by atoms with Crippen LogP contribution in [-0.2, 0) is 16.4 Å². The highest BCUT2D eigenvalue weighted by Gasteiger charge is 2.31. The SMILES string of the molecule is CN(c1cc(C(=O)NCc2cccnc2)ccn1)C1CCS(=O)(=O)C1. The van der Waals surface area contributed by atoms with Gasteiger partial charge in [0.1, 0.15) is 5.82 Å². The number of amides is 1. The maximum atomic E-state index is 12.3. The highest BCUT2D eigenvalue weighted by atomic mass is 32.2. The molecule has 1 N–H and O–H groups in total. The molecule has 1 atom stereocenters. The first-order chi connectivity index (χ1) is 11.9. The summed E-state index contributed by atoms with van der Waals surface area (Å²) >= 11 is 0. The summed E-state index contributed by atoms with van der Waals surface area (Å²) in [5.74, 6) is 0.715. The van der Waals surface area contributed by atoms with Gasteiger partial charge in [-0.2, -0.15) is 0 Å². The van der Waals surface area contributed by atoms with E-state index in [4.69, 9.17) is 0 Å². The van der Waals surface area contributed by atoms with Crippen LogP contribution in [0.3, 0.4) is 0 Å². The lowest BCUT2D eigenvalue weighted by molar-refractivity contribution is 0.0950. The van der Waals surface area contributed by atoms with Crippen molar-refractivity contribution in [3.8, 4) is 0 Å². The molecule has 8 heteroatoms. The zero-order chi connectivity index (χ0) is 17.9. The van der Waals surface area contributed by atoms with E-state index in [0.717, 1.165) is 5.56 Å². The molecule has 0 aromatic carbocycles. The fourth-order valence-corrected chi connectivity index (χ4v) is 4.58. The summed E-state index contributed by atoms with van der Waals surface area (Å²) < 4.78 is 23.3. The number of nitrogens with one attached hydrogen (secondary N) is 1. The molecule has 0 bridgehead atoms. The number of sulfone groups is 1. The summed E-state index contributed by atoms with van der Waals surface area (Å²) in [6, 6.07) is 6.92. The molecule has 2 aromatic rings. The van der Waals surface area contributed by atoms with Crippen LogP contribution in [0.4, 0.5) is 5.82 Å². The second kappa shape index (κ2) is 7.18. The number of pyridine rings is 2. The predicted molar refractivity (Wildman–Crippen MR) is 95.1 cm³/mol. The molecule has 0 radical (unpaired) electrons. The molecule has 1 unspecified atom stereocenters. The van der Waals surface area contributed by atoms with E-state index in [0.29, 0.717) is 24.3 Å². The van der Waals surface area contributed by atoms with E-state index in [2.05, 4.69) is 15.3 Å². The predicted octanol–water partition coefficient (Wildman–Crippen LogP) is 1.03. The third-order valence-corrected chi connectivity index (χ3v) is 6.05. The van der Waals surface area contributed by atoms with Crippen molar-refractivity contribution < 1.29 is 13.2 Å². The van der Waals surface area contributed by atoms with Gasteiger partial charge in [0.15, 0.2) is 9.84 Å². The molecular weight excluding hydrogens is 340 g/mol. The standard InChI is InChI=1S/C17H20N4O3S/c1-21(15-5-8-25(23,24)12-15)16-9-14(4-7-19-16)17(22)20-11-13-3-2-6-18-10-13/h2-4,6-7,9-10,15H,5,8,11-12H2,1H3,(H,20,22). The first-order valence-corrected chi connectivity index (χ1v) is 9.83. The van der Waals surface area contributed by atoms with Crippen molar-refractivity contribution in [2.45, 2.75) is 19.0 Å². The van der Waals surface area contributed by atoms with E-state index in [1.165, 1.54) is 0 Å². The van der Waals surface area contributed by atoms with E-state index in [1.807, 2.05) is 24.1 Å². The highest BCUT2D eigenvalue weighted by molar-refractivity contribution is 7.91. The Bertz CT molecular complexity index is 855. The number of carbonyl (C=O) groups excluding carboxylic acids is 1. The fourth-order valence-electron chi connectivity index (χ4n) is 2.81. The number of anilines is 1. The van der Waals surface area contributed by atoms with E-state index in [9.17, 15) is 13.2 Å². The molecule has 1 fully saturated rings. The third-order valence-electron chi connectivity index (χ3n) is 4.30. The summed E-state index contributed by atoms with van der Waals surface area (Å²) in [6.45, 7) is 0.390. The zero-order valence-corrected chi connectivity index (χ0v) is 14.7. The van der Waals surface area contributed by atoms with Crippen molar-refractivity contribution in [3.05, 3.63) is 54.0 Å². The van der Waals surface area contributed by atoms with Crippen molar-refractivity contribution in [1.29, 1.82) is 0 Å². The van der Waals surface area contributed by atoms with E-state index >= 15 is 0 Å². The third kappa shape index (κ3) is 4.33. The fraction of sp³-hybridized carbons (Fsp3) is 0.353. The Morgan fingerprint density at radius 1 is 1.36 bits per heavy atom. The summed E-state index contributed by atoms with van der Waals surface area (Å²) in [4.78, 5) is 22.5. The van der Waals surface area contributed by atoms with Crippen LogP contribution < -0.4 is 10.2 Å².